The smallest absolute Gasteiger partial charge is 0.475 e. The van der Waals surface area contributed by atoms with E-state index in [0.717, 1.165) is 54.5 Å². The van der Waals surface area contributed by atoms with Crippen LogP contribution in [0.2, 0.25) is 0 Å². The van der Waals surface area contributed by atoms with Gasteiger partial charge >= 0.3 is 24.3 Å². The Hall–Kier alpha value is -4.19. The third-order valence-corrected chi connectivity index (χ3v) is 6.48. The molecule has 43 heavy (non-hydrogen) atoms. The van der Waals surface area contributed by atoms with Crippen LogP contribution in [0.4, 0.5) is 32.3 Å². The monoisotopic (exact) mass is 623 g/mol. The first kappa shape index (κ1) is 33.3. The number of aromatic nitrogens is 3. The molecule has 12 nitrogen and oxygen atoms in total. The summed E-state index contributed by atoms with van der Waals surface area (Å²) in [6, 6.07) is 3.81. The molecule has 1 spiro atoms. The Morgan fingerprint density at radius 2 is 1.77 bits per heavy atom. The van der Waals surface area contributed by atoms with Crippen molar-refractivity contribution in [3.8, 4) is 0 Å². The Morgan fingerprint density at radius 3 is 2.30 bits per heavy atom. The fourth-order valence-electron chi connectivity index (χ4n) is 4.42. The molecule has 0 aromatic carbocycles. The first-order valence-corrected chi connectivity index (χ1v) is 12.5. The number of anilines is 1. The van der Waals surface area contributed by atoms with Gasteiger partial charge in [0.05, 0.1) is 42.8 Å². The number of carbonyl (C=O) groups is 2. The first-order chi connectivity index (χ1) is 20.0. The number of hydrogen-bond donors (Lipinski definition) is 3. The van der Waals surface area contributed by atoms with E-state index in [1.165, 1.54) is 5.56 Å². The van der Waals surface area contributed by atoms with Crippen molar-refractivity contribution < 1.29 is 59.8 Å². The van der Waals surface area contributed by atoms with Gasteiger partial charge in [0.15, 0.2) is 0 Å². The van der Waals surface area contributed by atoms with Gasteiger partial charge in [0.2, 0.25) is 5.95 Å². The predicted molar refractivity (Wildman–Crippen MR) is 133 cm³/mol. The summed E-state index contributed by atoms with van der Waals surface area (Å²) in [5.41, 5.74) is 4.25. The maximum Gasteiger partial charge on any atom is 0.490 e. The summed E-state index contributed by atoms with van der Waals surface area (Å²) in [4.78, 5) is 29.6. The molecule has 1 saturated heterocycles. The van der Waals surface area contributed by atoms with Crippen LogP contribution in [0.25, 0.3) is 0 Å². The van der Waals surface area contributed by atoms with E-state index in [1.54, 1.807) is 6.26 Å². The average molecular weight is 624 g/mol. The van der Waals surface area contributed by atoms with Crippen molar-refractivity contribution in [2.75, 3.05) is 25.0 Å². The van der Waals surface area contributed by atoms with E-state index in [2.05, 4.69) is 20.4 Å². The number of halogens is 6. The van der Waals surface area contributed by atoms with E-state index in [9.17, 15) is 26.3 Å². The molecule has 18 heteroatoms. The largest absolute Gasteiger partial charge is 0.490 e. The van der Waals surface area contributed by atoms with Gasteiger partial charge in [0.1, 0.15) is 11.5 Å². The van der Waals surface area contributed by atoms with Crippen molar-refractivity contribution >= 4 is 17.9 Å². The van der Waals surface area contributed by atoms with Crippen molar-refractivity contribution in [1.82, 2.24) is 20.0 Å². The molecule has 0 bridgehead atoms. The number of nitrogens with one attached hydrogen (secondary N) is 1. The number of ether oxygens (including phenoxy) is 1. The molecule has 3 aromatic rings. The highest BCUT2D eigenvalue weighted by Gasteiger charge is 2.45. The lowest BCUT2D eigenvalue weighted by Crippen LogP contribution is -2.40. The molecule has 1 unspecified atom stereocenters. The highest BCUT2D eigenvalue weighted by molar-refractivity contribution is 5.73. The van der Waals surface area contributed by atoms with Crippen molar-refractivity contribution in [3.63, 3.8) is 0 Å². The predicted octanol–water partition coefficient (Wildman–Crippen LogP) is 4.23. The summed E-state index contributed by atoms with van der Waals surface area (Å²) in [7, 11) is 0. The lowest BCUT2D eigenvalue weighted by atomic mass is 9.80. The molecular weight excluding hydrogens is 596 g/mol. The fraction of sp³-hybridized carbons (Fsp3) is 0.480. The van der Waals surface area contributed by atoms with E-state index >= 15 is 0 Å². The maximum atomic E-state index is 10.6. The number of carboxylic acids is 2. The van der Waals surface area contributed by atoms with Crippen molar-refractivity contribution in [3.05, 3.63) is 58.6 Å². The number of furan rings is 1. The van der Waals surface area contributed by atoms with Crippen LogP contribution in [0.3, 0.4) is 0 Å². The Kier molecular flexibility index (Phi) is 10.4. The Labute approximate surface area is 239 Å². The Bertz CT molecular complexity index is 1350. The molecule has 1 atom stereocenters. The second-order valence-corrected chi connectivity index (χ2v) is 9.64. The first-order valence-electron chi connectivity index (χ1n) is 12.5. The minimum atomic E-state index is -5.08. The number of nitrogens with zero attached hydrogens (tertiary/aromatic N) is 4. The zero-order chi connectivity index (χ0) is 32.0. The minimum absolute atomic E-state index is 0.101. The zero-order valence-corrected chi connectivity index (χ0v) is 22.8. The third-order valence-electron chi connectivity index (χ3n) is 6.48. The SMILES string of the molecule is Cc1noc(C)c1CN1CCC2(COCc3cnc(NCc4ccco4)nc32)C1.O=C(O)C(F)(F)F.O=C(O)C(F)(F)F. The fourth-order valence-corrected chi connectivity index (χ4v) is 4.42. The molecule has 3 aromatic heterocycles. The van der Waals surface area contributed by atoms with E-state index in [1.807, 2.05) is 32.2 Å². The van der Waals surface area contributed by atoms with Gasteiger partial charge in [0.25, 0.3) is 0 Å². The third kappa shape index (κ3) is 8.90. The summed E-state index contributed by atoms with van der Waals surface area (Å²) >= 11 is 0. The van der Waals surface area contributed by atoms with Crippen LogP contribution in [-0.4, -0.2) is 74.2 Å². The Balaban J connectivity index is 0.000000303. The summed E-state index contributed by atoms with van der Waals surface area (Å²) in [6.45, 7) is 8.53. The molecule has 3 N–H and O–H groups in total. The van der Waals surface area contributed by atoms with Gasteiger partial charge < -0.3 is 29.2 Å². The molecule has 0 aliphatic carbocycles. The molecule has 5 heterocycles. The highest BCUT2D eigenvalue weighted by atomic mass is 19.4. The van der Waals surface area contributed by atoms with E-state index < -0.39 is 24.3 Å². The number of rotatable bonds is 5. The van der Waals surface area contributed by atoms with Crippen LogP contribution in [0, 0.1) is 13.8 Å². The van der Waals surface area contributed by atoms with Crippen LogP contribution in [0.5, 0.6) is 0 Å². The summed E-state index contributed by atoms with van der Waals surface area (Å²) in [5, 5.41) is 21.6. The molecule has 2 aliphatic rings. The van der Waals surface area contributed by atoms with Crippen LogP contribution in [0.15, 0.2) is 33.5 Å². The van der Waals surface area contributed by atoms with Crippen LogP contribution < -0.4 is 5.32 Å². The second-order valence-electron chi connectivity index (χ2n) is 9.64. The summed E-state index contributed by atoms with van der Waals surface area (Å²) in [5.74, 6) is -3.13. The number of likely N-dealkylation sites (tertiary alicyclic amines) is 1. The number of carboxylic acid groups (broad SMARTS) is 2. The van der Waals surface area contributed by atoms with Gasteiger partial charge in [-0.05, 0) is 38.9 Å². The minimum Gasteiger partial charge on any atom is -0.475 e. The molecule has 0 saturated carbocycles. The van der Waals surface area contributed by atoms with E-state index in [4.69, 9.17) is 38.5 Å². The number of aliphatic carboxylic acids is 2. The quantitative estimate of drug-likeness (QED) is 0.347. The second kappa shape index (κ2) is 13.4. The molecule has 2 aliphatic heterocycles. The lowest BCUT2D eigenvalue weighted by Gasteiger charge is -2.34. The van der Waals surface area contributed by atoms with Gasteiger partial charge in [0, 0.05) is 30.4 Å². The van der Waals surface area contributed by atoms with Crippen molar-refractivity contribution in [2.24, 2.45) is 0 Å². The Morgan fingerprint density at radius 1 is 1.12 bits per heavy atom. The molecular formula is C25H27F6N5O7. The van der Waals surface area contributed by atoms with Gasteiger partial charge in [-0.2, -0.15) is 26.3 Å². The standard InChI is InChI=1S/C21H25N5O3.2C2HF3O2/c1-14-18(15(2)29-25-14)10-26-6-5-21(12-26)13-27-11-16-8-22-20(24-19(16)21)23-9-17-4-3-7-28-17;2*3-2(4,5)1(6)7/h3-4,7-8H,5-6,9-13H2,1-2H3,(H,22,23,24);2*(H,6,7). The van der Waals surface area contributed by atoms with Crippen LogP contribution in [-0.2, 0) is 39.4 Å². The zero-order valence-electron chi connectivity index (χ0n) is 22.8. The van der Waals surface area contributed by atoms with Gasteiger partial charge in [-0.15, -0.1) is 0 Å². The molecule has 236 valence electrons. The lowest BCUT2D eigenvalue weighted by molar-refractivity contribution is -0.193. The van der Waals surface area contributed by atoms with Crippen molar-refractivity contribution in [2.45, 2.75) is 57.7 Å². The number of alkyl halides is 6. The normalized spacial score (nSPS) is 18.2. The van der Waals surface area contributed by atoms with Crippen LogP contribution in [0.1, 0.15) is 40.5 Å². The van der Waals surface area contributed by atoms with Gasteiger partial charge in [-0.1, -0.05) is 5.16 Å². The topological polar surface area (TPSA) is 164 Å². The van der Waals surface area contributed by atoms with Crippen LogP contribution >= 0.6 is 0 Å². The maximum absolute atomic E-state index is 10.6. The van der Waals surface area contributed by atoms with E-state index in [0.29, 0.717) is 25.7 Å². The van der Waals surface area contributed by atoms with Crippen molar-refractivity contribution in [1.29, 1.82) is 0 Å². The summed E-state index contributed by atoms with van der Waals surface area (Å²) < 4.78 is 80.1. The highest BCUT2D eigenvalue weighted by Crippen LogP contribution is 2.40. The van der Waals surface area contributed by atoms with Gasteiger partial charge in [-0.3, -0.25) is 4.90 Å². The average Bonchev–Trinajstić information content (AvgIpc) is 3.66. The number of fused-ring (bicyclic) bond motifs is 2. The van der Waals surface area contributed by atoms with E-state index in [-0.39, 0.29) is 5.41 Å². The van der Waals surface area contributed by atoms with Gasteiger partial charge in [-0.25, -0.2) is 19.6 Å². The number of hydrogen-bond acceptors (Lipinski definition) is 10. The number of aryl methyl sites for hydroxylation is 2. The summed E-state index contributed by atoms with van der Waals surface area (Å²) in [6.07, 6.45) is -5.59. The molecule has 0 radical (unpaired) electrons. The molecule has 1 fully saturated rings. The molecule has 5 rings (SSSR count). The molecule has 0 amide bonds.